The van der Waals surface area contributed by atoms with Gasteiger partial charge < -0.3 is 4.90 Å². The lowest BCUT2D eigenvalue weighted by Crippen LogP contribution is -2.33. The fourth-order valence-electron chi connectivity index (χ4n) is 3.98. The Hall–Kier alpha value is -1.92. The Morgan fingerprint density at radius 1 is 1.28 bits per heavy atom. The Morgan fingerprint density at radius 3 is 2.60 bits per heavy atom. The molecule has 0 N–H and O–H groups in total. The van der Waals surface area contributed by atoms with E-state index in [1.54, 1.807) is 7.05 Å². The van der Waals surface area contributed by atoms with Crippen LogP contribution in [-0.2, 0) is 13.6 Å². The second kappa shape index (κ2) is 5.81. The van der Waals surface area contributed by atoms with Gasteiger partial charge in [0.25, 0.3) is 5.92 Å². The zero-order chi connectivity index (χ0) is 17.8. The highest BCUT2D eigenvalue weighted by molar-refractivity contribution is 5.74. The molecular weight excluding hydrogens is 326 g/mol. The highest BCUT2D eigenvalue weighted by Crippen LogP contribution is 2.49. The SMILES string of the molecule is CN(c1ccc2c(n1)n(C)c(=O)n2CC1CC1(F)F)C1CCCCC1. The van der Waals surface area contributed by atoms with Gasteiger partial charge >= 0.3 is 5.69 Å². The smallest absolute Gasteiger partial charge is 0.330 e. The van der Waals surface area contributed by atoms with E-state index < -0.39 is 11.8 Å². The van der Waals surface area contributed by atoms with E-state index in [0.29, 0.717) is 17.2 Å². The van der Waals surface area contributed by atoms with E-state index in [2.05, 4.69) is 9.88 Å². The van der Waals surface area contributed by atoms with Crippen molar-refractivity contribution in [3.8, 4) is 0 Å². The third kappa shape index (κ3) is 2.83. The Labute approximate surface area is 145 Å². The van der Waals surface area contributed by atoms with Crippen LogP contribution in [0.25, 0.3) is 11.2 Å². The van der Waals surface area contributed by atoms with Crippen LogP contribution in [0.3, 0.4) is 0 Å². The maximum absolute atomic E-state index is 13.3. The zero-order valence-corrected chi connectivity index (χ0v) is 14.7. The molecule has 2 aromatic heterocycles. The molecule has 7 heteroatoms. The van der Waals surface area contributed by atoms with E-state index in [1.807, 2.05) is 19.2 Å². The van der Waals surface area contributed by atoms with E-state index in [0.717, 1.165) is 18.7 Å². The molecule has 0 aliphatic heterocycles. The summed E-state index contributed by atoms with van der Waals surface area (Å²) in [6.07, 6.45) is 5.95. The number of fused-ring (bicyclic) bond motifs is 1. The quantitative estimate of drug-likeness (QED) is 0.851. The molecule has 2 saturated carbocycles. The summed E-state index contributed by atoms with van der Waals surface area (Å²) in [7, 11) is 3.70. The van der Waals surface area contributed by atoms with Crippen LogP contribution in [0.15, 0.2) is 16.9 Å². The van der Waals surface area contributed by atoms with Crippen LogP contribution in [0.1, 0.15) is 38.5 Å². The molecule has 4 rings (SSSR count). The van der Waals surface area contributed by atoms with Crippen molar-refractivity contribution in [2.75, 3.05) is 11.9 Å². The molecule has 2 aliphatic carbocycles. The number of halogens is 2. The standard InChI is InChI=1S/C18H24F2N4O/c1-22(13-6-4-3-5-7-13)15-9-8-14-16(21-15)23(2)17(25)24(14)11-12-10-18(12,19)20/h8-9,12-13H,3-7,10-11H2,1-2H3. The summed E-state index contributed by atoms with van der Waals surface area (Å²) >= 11 is 0. The van der Waals surface area contributed by atoms with Crippen molar-refractivity contribution >= 4 is 17.0 Å². The van der Waals surface area contributed by atoms with E-state index in [1.165, 1.54) is 28.4 Å². The van der Waals surface area contributed by atoms with Gasteiger partial charge in [-0.3, -0.25) is 9.13 Å². The first kappa shape index (κ1) is 16.5. The second-order valence-electron chi connectivity index (χ2n) is 7.53. The molecular formula is C18H24F2N4O. The van der Waals surface area contributed by atoms with Gasteiger partial charge in [-0.2, -0.15) is 0 Å². The molecule has 0 amide bonds. The average molecular weight is 350 g/mol. The third-order valence-corrected chi connectivity index (χ3v) is 5.81. The van der Waals surface area contributed by atoms with Gasteiger partial charge in [0, 0.05) is 39.0 Å². The first-order valence-corrected chi connectivity index (χ1v) is 9.05. The lowest BCUT2D eigenvalue weighted by Gasteiger charge is -2.32. The number of aromatic nitrogens is 3. The first-order chi connectivity index (χ1) is 11.9. The molecule has 0 aromatic carbocycles. The predicted octanol–water partition coefficient (Wildman–Crippen LogP) is 3.16. The zero-order valence-electron chi connectivity index (χ0n) is 14.7. The summed E-state index contributed by atoms with van der Waals surface area (Å²) in [5.74, 6) is -2.53. The van der Waals surface area contributed by atoms with Crippen LogP contribution in [0, 0.1) is 5.92 Å². The molecule has 1 unspecified atom stereocenters. The Kier molecular flexibility index (Phi) is 3.85. The summed E-state index contributed by atoms with van der Waals surface area (Å²) in [5, 5.41) is 0. The largest absolute Gasteiger partial charge is 0.357 e. The monoisotopic (exact) mass is 350 g/mol. The summed E-state index contributed by atoms with van der Waals surface area (Å²) in [5.41, 5.74) is 0.924. The fraction of sp³-hybridized carbons (Fsp3) is 0.667. The van der Waals surface area contributed by atoms with Crippen LogP contribution >= 0.6 is 0 Å². The van der Waals surface area contributed by atoms with Crippen molar-refractivity contribution in [2.24, 2.45) is 13.0 Å². The minimum atomic E-state index is -2.63. The minimum absolute atomic E-state index is 0.0582. The molecule has 0 bridgehead atoms. The van der Waals surface area contributed by atoms with Gasteiger partial charge in [0.2, 0.25) is 0 Å². The number of hydrogen-bond acceptors (Lipinski definition) is 3. The Balaban J connectivity index is 1.67. The van der Waals surface area contributed by atoms with Crippen molar-refractivity contribution in [1.82, 2.24) is 14.1 Å². The average Bonchev–Trinajstić information content (AvgIpc) is 3.16. The fourth-order valence-corrected chi connectivity index (χ4v) is 3.98. The topological polar surface area (TPSA) is 43.1 Å². The number of nitrogens with zero attached hydrogens (tertiary/aromatic N) is 4. The lowest BCUT2D eigenvalue weighted by molar-refractivity contribution is 0.0951. The highest BCUT2D eigenvalue weighted by Gasteiger charge is 2.57. The summed E-state index contributed by atoms with van der Waals surface area (Å²) in [6.45, 7) is 0.0582. The normalized spacial score (nSPS) is 23.1. The molecule has 0 saturated heterocycles. The molecule has 0 radical (unpaired) electrons. The molecule has 5 nitrogen and oxygen atoms in total. The minimum Gasteiger partial charge on any atom is -0.357 e. The molecule has 136 valence electrons. The molecule has 2 aliphatic rings. The number of imidazole rings is 1. The highest BCUT2D eigenvalue weighted by atomic mass is 19.3. The van der Waals surface area contributed by atoms with Crippen molar-refractivity contribution < 1.29 is 8.78 Å². The van der Waals surface area contributed by atoms with Crippen LogP contribution in [0.2, 0.25) is 0 Å². The van der Waals surface area contributed by atoms with Crippen molar-refractivity contribution in [1.29, 1.82) is 0 Å². The van der Waals surface area contributed by atoms with E-state index >= 15 is 0 Å². The predicted molar refractivity (Wildman–Crippen MR) is 93.3 cm³/mol. The van der Waals surface area contributed by atoms with Crippen LogP contribution in [-0.4, -0.2) is 33.1 Å². The van der Waals surface area contributed by atoms with Crippen molar-refractivity contribution in [3.05, 3.63) is 22.6 Å². The molecule has 0 spiro atoms. The molecule has 2 fully saturated rings. The van der Waals surface area contributed by atoms with Gasteiger partial charge in [-0.05, 0) is 25.0 Å². The van der Waals surface area contributed by atoms with Crippen LogP contribution < -0.4 is 10.6 Å². The summed E-state index contributed by atoms with van der Waals surface area (Å²) in [6, 6.07) is 4.22. The third-order valence-electron chi connectivity index (χ3n) is 5.81. The molecule has 2 heterocycles. The maximum atomic E-state index is 13.3. The van der Waals surface area contributed by atoms with Gasteiger partial charge in [-0.25, -0.2) is 18.6 Å². The number of hydrogen-bond donors (Lipinski definition) is 0. The number of anilines is 1. The van der Waals surface area contributed by atoms with Gasteiger partial charge in [-0.1, -0.05) is 19.3 Å². The lowest BCUT2D eigenvalue weighted by atomic mass is 9.94. The first-order valence-electron chi connectivity index (χ1n) is 9.05. The molecule has 25 heavy (non-hydrogen) atoms. The summed E-state index contributed by atoms with van der Waals surface area (Å²) < 4.78 is 29.4. The van der Waals surface area contributed by atoms with Crippen molar-refractivity contribution in [3.63, 3.8) is 0 Å². The molecule has 1 atom stereocenters. The number of alkyl halides is 2. The van der Waals surface area contributed by atoms with Crippen molar-refractivity contribution in [2.45, 2.75) is 57.0 Å². The number of aryl methyl sites for hydroxylation is 1. The van der Waals surface area contributed by atoms with Crippen LogP contribution in [0.5, 0.6) is 0 Å². The van der Waals surface area contributed by atoms with Gasteiger partial charge in [0.15, 0.2) is 5.65 Å². The maximum Gasteiger partial charge on any atom is 0.330 e. The second-order valence-corrected chi connectivity index (χ2v) is 7.53. The number of pyridine rings is 1. The van der Waals surface area contributed by atoms with E-state index in [-0.39, 0.29) is 18.7 Å². The molecule has 2 aromatic rings. The van der Waals surface area contributed by atoms with Gasteiger partial charge in [0.1, 0.15) is 5.82 Å². The summed E-state index contributed by atoms with van der Waals surface area (Å²) in [4.78, 5) is 19.3. The number of rotatable bonds is 4. The Bertz CT molecular complexity index is 851. The van der Waals surface area contributed by atoms with E-state index in [9.17, 15) is 13.6 Å². The van der Waals surface area contributed by atoms with Gasteiger partial charge in [-0.15, -0.1) is 0 Å². The van der Waals surface area contributed by atoms with Gasteiger partial charge in [0.05, 0.1) is 5.52 Å². The van der Waals surface area contributed by atoms with E-state index in [4.69, 9.17) is 0 Å². The Morgan fingerprint density at radius 2 is 1.96 bits per heavy atom. The van der Waals surface area contributed by atoms with Crippen LogP contribution in [0.4, 0.5) is 14.6 Å².